The number of benzene rings is 1. The number of nitrogens with one attached hydrogen (secondary N) is 2. The lowest BCUT2D eigenvalue weighted by Crippen LogP contribution is -2.19. The molecule has 0 atom stereocenters. The van der Waals surface area contributed by atoms with Gasteiger partial charge in [-0.3, -0.25) is 0 Å². The van der Waals surface area contributed by atoms with Crippen molar-refractivity contribution in [1.82, 2.24) is 15.2 Å². The van der Waals surface area contributed by atoms with Crippen molar-refractivity contribution in [2.75, 3.05) is 10.6 Å². The number of hydrogen-bond donors (Lipinski definition) is 2. The van der Waals surface area contributed by atoms with Gasteiger partial charge in [0.05, 0.1) is 16.9 Å². The topological polar surface area (TPSA) is 62.7 Å². The van der Waals surface area contributed by atoms with Gasteiger partial charge >= 0.3 is 0 Å². The van der Waals surface area contributed by atoms with Gasteiger partial charge in [-0.2, -0.15) is 10.1 Å². The molecule has 0 saturated heterocycles. The van der Waals surface area contributed by atoms with Crippen molar-refractivity contribution in [3.8, 4) is 0 Å². The van der Waals surface area contributed by atoms with E-state index in [0.717, 1.165) is 5.82 Å². The van der Waals surface area contributed by atoms with E-state index < -0.39 is 0 Å². The van der Waals surface area contributed by atoms with Gasteiger partial charge in [0.25, 0.3) is 0 Å². The number of anilines is 3. The average molecular weight is 352 g/mol. The molecule has 0 unspecified atom stereocenters. The van der Waals surface area contributed by atoms with E-state index in [9.17, 15) is 0 Å². The molecule has 0 spiro atoms. The molecule has 7 heteroatoms. The van der Waals surface area contributed by atoms with Crippen LogP contribution in [0.2, 0.25) is 10.0 Å². The van der Waals surface area contributed by atoms with Crippen LogP contribution in [0.25, 0.3) is 0 Å². The number of halogens is 2. The molecule has 1 saturated carbocycles. The third-order valence-corrected chi connectivity index (χ3v) is 4.51. The molecule has 0 amide bonds. The van der Waals surface area contributed by atoms with Crippen LogP contribution in [0, 0.1) is 0 Å². The van der Waals surface area contributed by atoms with Crippen LogP contribution in [-0.4, -0.2) is 21.2 Å². The molecule has 5 nitrogen and oxygen atoms in total. The van der Waals surface area contributed by atoms with Gasteiger partial charge in [-0.1, -0.05) is 48.9 Å². The van der Waals surface area contributed by atoms with Crippen LogP contribution >= 0.6 is 23.2 Å². The predicted molar refractivity (Wildman–Crippen MR) is 94.7 cm³/mol. The van der Waals surface area contributed by atoms with Gasteiger partial charge in [-0.25, -0.2) is 0 Å². The maximum absolute atomic E-state index is 6.15. The van der Waals surface area contributed by atoms with Crippen LogP contribution in [0.4, 0.5) is 17.5 Å². The smallest absolute Gasteiger partial charge is 0.249 e. The molecule has 23 heavy (non-hydrogen) atoms. The Morgan fingerprint density at radius 3 is 2.61 bits per heavy atom. The zero-order valence-corrected chi connectivity index (χ0v) is 14.2. The summed E-state index contributed by atoms with van der Waals surface area (Å²) in [5.41, 5.74) is 0.660. The second-order valence-corrected chi connectivity index (χ2v) is 6.59. The molecule has 2 N–H and O–H groups in total. The lowest BCUT2D eigenvalue weighted by molar-refractivity contribution is 0.617. The van der Waals surface area contributed by atoms with Crippen LogP contribution in [0.1, 0.15) is 38.5 Å². The zero-order chi connectivity index (χ0) is 16.1. The summed E-state index contributed by atoms with van der Waals surface area (Å²) < 4.78 is 0. The Morgan fingerprint density at radius 1 is 1.04 bits per heavy atom. The van der Waals surface area contributed by atoms with Gasteiger partial charge in [0.2, 0.25) is 5.95 Å². The van der Waals surface area contributed by atoms with Gasteiger partial charge in [0, 0.05) is 11.1 Å². The second-order valence-electron chi connectivity index (χ2n) is 5.75. The van der Waals surface area contributed by atoms with Crippen molar-refractivity contribution in [2.45, 2.75) is 44.6 Å². The highest BCUT2D eigenvalue weighted by Gasteiger charge is 2.13. The van der Waals surface area contributed by atoms with E-state index in [0.29, 0.717) is 27.7 Å². The molecule has 1 aromatic carbocycles. The van der Waals surface area contributed by atoms with E-state index in [2.05, 4.69) is 25.8 Å². The fourth-order valence-electron chi connectivity index (χ4n) is 2.77. The quantitative estimate of drug-likeness (QED) is 0.754. The van der Waals surface area contributed by atoms with Crippen LogP contribution in [-0.2, 0) is 0 Å². The van der Waals surface area contributed by atoms with Gasteiger partial charge in [-0.15, -0.1) is 5.10 Å². The molecular weight excluding hydrogens is 333 g/mol. The first-order valence-electron chi connectivity index (χ1n) is 7.89. The fourth-order valence-corrected chi connectivity index (χ4v) is 3.11. The van der Waals surface area contributed by atoms with Crippen LogP contribution in [0.15, 0.2) is 24.4 Å². The summed E-state index contributed by atoms with van der Waals surface area (Å²) in [6, 6.07) is 5.65. The Kier molecular flexibility index (Phi) is 5.51. The van der Waals surface area contributed by atoms with Gasteiger partial charge in [-0.05, 0) is 31.0 Å². The minimum absolute atomic E-state index is 0.396. The molecule has 0 aliphatic heterocycles. The first-order valence-corrected chi connectivity index (χ1v) is 8.64. The van der Waals surface area contributed by atoms with Crippen molar-refractivity contribution >= 4 is 40.7 Å². The van der Waals surface area contributed by atoms with Crippen molar-refractivity contribution in [1.29, 1.82) is 0 Å². The lowest BCUT2D eigenvalue weighted by Gasteiger charge is -2.16. The molecule has 3 rings (SSSR count). The minimum atomic E-state index is 0.396. The largest absolute Gasteiger partial charge is 0.366 e. The Hall–Kier alpha value is -1.59. The van der Waals surface area contributed by atoms with Crippen LogP contribution in [0.5, 0.6) is 0 Å². The van der Waals surface area contributed by atoms with Crippen molar-refractivity contribution in [3.05, 3.63) is 34.4 Å². The third kappa shape index (κ3) is 4.69. The molecule has 1 aliphatic rings. The Balaban J connectivity index is 1.70. The van der Waals surface area contributed by atoms with Crippen LogP contribution < -0.4 is 10.6 Å². The summed E-state index contributed by atoms with van der Waals surface area (Å²) in [5, 5.41) is 15.7. The molecule has 122 valence electrons. The number of aromatic nitrogens is 3. The van der Waals surface area contributed by atoms with Gasteiger partial charge in [0.1, 0.15) is 0 Å². The van der Waals surface area contributed by atoms with E-state index in [1.54, 1.807) is 24.4 Å². The second kappa shape index (κ2) is 7.79. The Bertz CT molecular complexity index is 657. The number of nitrogens with zero attached hydrogens (tertiary/aromatic N) is 3. The highest BCUT2D eigenvalue weighted by molar-refractivity contribution is 6.35. The van der Waals surface area contributed by atoms with Crippen molar-refractivity contribution in [3.63, 3.8) is 0 Å². The Morgan fingerprint density at radius 2 is 1.83 bits per heavy atom. The third-order valence-electron chi connectivity index (χ3n) is 3.94. The highest BCUT2D eigenvalue weighted by atomic mass is 35.5. The van der Waals surface area contributed by atoms with E-state index in [1.807, 2.05) is 0 Å². The summed E-state index contributed by atoms with van der Waals surface area (Å²) in [7, 11) is 0. The molecule has 0 radical (unpaired) electrons. The Labute approximate surface area is 145 Å². The summed E-state index contributed by atoms with van der Waals surface area (Å²) >= 11 is 12.1. The standard InChI is InChI=1S/C16H19Cl2N5/c17-11-7-8-13(18)14(9-11)21-16-22-15(10-19-23-16)20-12-5-3-1-2-4-6-12/h7-10,12H,1-6H2,(H2,20,21,22,23). The zero-order valence-electron chi connectivity index (χ0n) is 12.7. The van der Waals surface area contributed by atoms with E-state index in [4.69, 9.17) is 23.2 Å². The monoisotopic (exact) mass is 351 g/mol. The van der Waals surface area contributed by atoms with Crippen molar-refractivity contribution < 1.29 is 0 Å². The van der Waals surface area contributed by atoms with Gasteiger partial charge < -0.3 is 10.6 Å². The van der Waals surface area contributed by atoms with E-state index >= 15 is 0 Å². The van der Waals surface area contributed by atoms with E-state index in [1.165, 1.54) is 38.5 Å². The molecule has 2 aromatic rings. The maximum Gasteiger partial charge on any atom is 0.249 e. The summed E-state index contributed by atoms with van der Waals surface area (Å²) in [6.45, 7) is 0. The summed E-state index contributed by atoms with van der Waals surface area (Å²) in [5.74, 6) is 1.13. The molecule has 1 aromatic heterocycles. The minimum Gasteiger partial charge on any atom is -0.366 e. The van der Waals surface area contributed by atoms with Crippen LogP contribution in [0.3, 0.4) is 0 Å². The maximum atomic E-state index is 6.15. The summed E-state index contributed by atoms with van der Waals surface area (Å²) in [4.78, 5) is 4.47. The lowest BCUT2D eigenvalue weighted by atomic mass is 10.1. The van der Waals surface area contributed by atoms with Gasteiger partial charge in [0.15, 0.2) is 5.82 Å². The molecule has 1 heterocycles. The fraction of sp³-hybridized carbons (Fsp3) is 0.438. The predicted octanol–water partition coefficient (Wildman–Crippen LogP) is 5.06. The molecule has 1 fully saturated rings. The van der Waals surface area contributed by atoms with E-state index in [-0.39, 0.29) is 0 Å². The number of hydrogen-bond acceptors (Lipinski definition) is 5. The summed E-state index contributed by atoms with van der Waals surface area (Å²) in [6.07, 6.45) is 9.16. The first kappa shape index (κ1) is 16.3. The molecular formula is C16H19Cl2N5. The number of rotatable bonds is 4. The normalized spacial score (nSPS) is 15.9. The molecule has 1 aliphatic carbocycles. The average Bonchev–Trinajstić information content (AvgIpc) is 2.80. The molecule has 0 bridgehead atoms. The highest BCUT2D eigenvalue weighted by Crippen LogP contribution is 2.27. The first-order chi connectivity index (χ1) is 11.2. The van der Waals surface area contributed by atoms with Crippen molar-refractivity contribution in [2.24, 2.45) is 0 Å². The SMILES string of the molecule is Clc1ccc(Cl)c(Nc2nncc(NC3CCCCCC3)n2)c1.